The van der Waals surface area contributed by atoms with Crippen LogP contribution in [0, 0.1) is 10.1 Å². The van der Waals surface area contributed by atoms with Crippen molar-refractivity contribution in [2.24, 2.45) is 0 Å². The van der Waals surface area contributed by atoms with E-state index >= 15 is 0 Å². The van der Waals surface area contributed by atoms with Gasteiger partial charge in [-0.05, 0) is 0 Å². The Morgan fingerprint density at radius 3 is 3.00 bits per heavy atom. The fourth-order valence-corrected chi connectivity index (χ4v) is 2.31. The minimum absolute atomic E-state index is 0.0159. The average molecular weight is 278 g/mol. The zero-order chi connectivity index (χ0) is 13.8. The number of aromatic nitrogens is 1. The lowest BCUT2D eigenvalue weighted by Gasteiger charge is -1.97. The summed E-state index contributed by atoms with van der Waals surface area (Å²) in [4.78, 5) is 25.6. The smallest absolute Gasteiger partial charge is 0.311 e. The van der Waals surface area contributed by atoms with E-state index in [1.807, 2.05) is 0 Å². The second kappa shape index (κ2) is 5.57. The lowest BCUT2D eigenvalue weighted by Crippen LogP contribution is -2.04. The Hall–Kier alpha value is -2.28. The second-order valence-electron chi connectivity index (χ2n) is 3.70. The largest absolute Gasteiger partial charge is 0.469 e. The van der Waals surface area contributed by atoms with E-state index in [0.717, 1.165) is 0 Å². The van der Waals surface area contributed by atoms with Crippen LogP contribution >= 0.6 is 11.3 Å². The molecule has 0 saturated heterocycles. The van der Waals surface area contributed by atoms with Gasteiger partial charge in [-0.3, -0.25) is 14.9 Å². The lowest BCUT2D eigenvalue weighted by atomic mass is 10.2. The number of carbonyl (C=O) groups is 1. The summed E-state index contributed by atoms with van der Waals surface area (Å²) < 4.78 is 4.56. The van der Waals surface area contributed by atoms with Gasteiger partial charge in [0, 0.05) is 23.1 Å². The molecule has 1 heterocycles. The van der Waals surface area contributed by atoms with Crippen LogP contribution in [0.5, 0.6) is 0 Å². The number of thiazole rings is 1. The summed E-state index contributed by atoms with van der Waals surface area (Å²) in [6.45, 7) is 0. The van der Waals surface area contributed by atoms with Crippen molar-refractivity contribution in [3.63, 3.8) is 0 Å². The number of carbonyl (C=O) groups excluding carboxylic acids is 1. The molecule has 0 fully saturated rings. The van der Waals surface area contributed by atoms with Crippen molar-refractivity contribution >= 4 is 23.0 Å². The number of ether oxygens (including phenoxy) is 1. The molecule has 2 aromatic rings. The number of hydrogen-bond donors (Lipinski definition) is 0. The van der Waals surface area contributed by atoms with E-state index in [2.05, 4.69) is 9.72 Å². The summed E-state index contributed by atoms with van der Waals surface area (Å²) in [6, 6.07) is 6.23. The van der Waals surface area contributed by atoms with Crippen molar-refractivity contribution in [2.45, 2.75) is 6.42 Å². The van der Waals surface area contributed by atoms with Gasteiger partial charge in [-0.2, -0.15) is 0 Å². The number of nitrogens with zero attached hydrogens (tertiary/aromatic N) is 2. The molecule has 1 aromatic heterocycles. The molecule has 1 aromatic carbocycles. The van der Waals surface area contributed by atoms with Crippen LogP contribution in [0.3, 0.4) is 0 Å². The first-order valence-electron chi connectivity index (χ1n) is 5.36. The summed E-state index contributed by atoms with van der Waals surface area (Å²) in [5, 5.41) is 13.1. The molecule has 0 radical (unpaired) electrons. The van der Waals surface area contributed by atoms with Crippen LogP contribution in [-0.2, 0) is 16.0 Å². The zero-order valence-corrected chi connectivity index (χ0v) is 10.8. The predicted molar refractivity (Wildman–Crippen MR) is 69.9 cm³/mol. The van der Waals surface area contributed by atoms with Gasteiger partial charge in [0.25, 0.3) is 5.69 Å². The highest BCUT2D eigenvalue weighted by Crippen LogP contribution is 2.26. The van der Waals surface area contributed by atoms with Gasteiger partial charge < -0.3 is 4.74 Å². The van der Waals surface area contributed by atoms with Gasteiger partial charge in [-0.15, -0.1) is 11.3 Å². The van der Waals surface area contributed by atoms with E-state index in [9.17, 15) is 14.9 Å². The normalized spacial score (nSPS) is 10.2. The van der Waals surface area contributed by atoms with Gasteiger partial charge in [-0.25, -0.2) is 4.98 Å². The zero-order valence-electron chi connectivity index (χ0n) is 10.0. The highest BCUT2D eigenvalue weighted by Gasteiger charge is 2.11. The maximum atomic E-state index is 11.1. The number of nitro groups is 1. The molecule has 0 aliphatic rings. The van der Waals surface area contributed by atoms with E-state index in [4.69, 9.17) is 0 Å². The number of methoxy groups -OCH3 is 1. The van der Waals surface area contributed by atoms with Crippen molar-refractivity contribution in [1.82, 2.24) is 4.98 Å². The van der Waals surface area contributed by atoms with Crippen LogP contribution in [0.1, 0.15) is 5.69 Å². The number of esters is 1. The molecule has 0 unspecified atom stereocenters. The maximum absolute atomic E-state index is 11.1. The Kier molecular flexibility index (Phi) is 3.86. The number of rotatable bonds is 4. The molecule has 0 saturated carbocycles. The molecule has 98 valence electrons. The van der Waals surface area contributed by atoms with Gasteiger partial charge >= 0.3 is 5.97 Å². The van der Waals surface area contributed by atoms with E-state index in [1.54, 1.807) is 17.5 Å². The van der Waals surface area contributed by atoms with E-state index in [0.29, 0.717) is 16.3 Å². The molecule has 0 aliphatic carbocycles. The van der Waals surface area contributed by atoms with Crippen molar-refractivity contribution < 1.29 is 14.5 Å². The Morgan fingerprint density at radius 2 is 2.32 bits per heavy atom. The molecule has 0 atom stereocenters. The SMILES string of the molecule is COC(=O)Cc1csc(-c2cccc([N+](=O)[O-])c2)n1. The standard InChI is InChI=1S/C12H10N2O4S/c1-18-11(15)6-9-7-19-12(13-9)8-3-2-4-10(5-8)14(16)17/h2-5,7H,6H2,1H3. The first-order valence-corrected chi connectivity index (χ1v) is 6.24. The van der Waals surface area contributed by atoms with Crippen LogP contribution in [0.15, 0.2) is 29.6 Å². The van der Waals surface area contributed by atoms with Crippen molar-refractivity contribution in [3.05, 3.63) is 45.5 Å². The summed E-state index contributed by atoms with van der Waals surface area (Å²) in [6.07, 6.45) is 0.0991. The number of non-ortho nitro benzene ring substituents is 1. The van der Waals surface area contributed by atoms with Gasteiger partial charge in [0.2, 0.25) is 0 Å². The van der Waals surface area contributed by atoms with Crippen molar-refractivity contribution in [3.8, 4) is 10.6 Å². The summed E-state index contributed by atoms with van der Waals surface area (Å²) in [7, 11) is 1.32. The van der Waals surface area contributed by atoms with E-state index in [-0.39, 0.29) is 18.1 Å². The first-order chi connectivity index (χ1) is 9.10. The predicted octanol–water partition coefficient (Wildman–Crippen LogP) is 2.43. The third kappa shape index (κ3) is 3.14. The van der Waals surface area contributed by atoms with Crippen LogP contribution in [0.25, 0.3) is 10.6 Å². The Morgan fingerprint density at radius 1 is 1.53 bits per heavy atom. The Balaban J connectivity index is 2.25. The lowest BCUT2D eigenvalue weighted by molar-refractivity contribution is -0.384. The van der Waals surface area contributed by atoms with Gasteiger partial charge in [0.05, 0.1) is 24.1 Å². The Bertz CT molecular complexity index is 624. The summed E-state index contributed by atoms with van der Waals surface area (Å²) in [5.41, 5.74) is 1.27. The number of hydrogen-bond acceptors (Lipinski definition) is 6. The molecule has 0 bridgehead atoms. The minimum atomic E-state index is -0.452. The molecule has 19 heavy (non-hydrogen) atoms. The molecule has 0 aliphatic heterocycles. The molecule has 2 rings (SSSR count). The molecular weight excluding hydrogens is 268 g/mol. The maximum Gasteiger partial charge on any atom is 0.311 e. The second-order valence-corrected chi connectivity index (χ2v) is 4.56. The van der Waals surface area contributed by atoms with Gasteiger partial charge in [0.15, 0.2) is 0 Å². The molecular formula is C12H10N2O4S. The third-order valence-electron chi connectivity index (χ3n) is 2.41. The molecule has 0 amide bonds. The van der Waals surface area contributed by atoms with Gasteiger partial charge in [-0.1, -0.05) is 12.1 Å². The molecule has 6 nitrogen and oxygen atoms in total. The fraction of sp³-hybridized carbons (Fsp3) is 0.167. The topological polar surface area (TPSA) is 82.3 Å². The Labute approximate surface area is 112 Å². The number of benzene rings is 1. The molecule has 7 heteroatoms. The highest BCUT2D eigenvalue weighted by atomic mass is 32.1. The fourth-order valence-electron chi connectivity index (χ4n) is 1.49. The van der Waals surface area contributed by atoms with Crippen molar-refractivity contribution in [1.29, 1.82) is 0 Å². The number of nitro benzene ring substituents is 1. The van der Waals surface area contributed by atoms with Crippen LogP contribution in [0.2, 0.25) is 0 Å². The molecule has 0 spiro atoms. The summed E-state index contributed by atoms with van der Waals surface area (Å²) >= 11 is 1.33. The first kappa shape index (κ1) is 13.2. The quantitative estimate of drug-likeness (QED) is 0.487. The highest BCUT2D eigenvalue weighted by molar-refractivity contribution is 7.13. The summed E-state index contributed by atoms with van der Waals surface area (Å²) in [5.74, 6) is -0.365. The minimum Gasteiger partial charge on any atom is -0.469 e. The molecule has 0 N–H and O–H groups in total. The van der Waals surface area contributed by atoms with E-state index < -0.39 is 4.92 Å². The van der Waals surface area contributed by atoms with Crippen LogP contribution in [0.4, 0.5) is 5.69 Å². The van der Waals surface area contributed by atoms with E-state index in [1.165, 1.54) is 30.6 Å². The van der Waals surface area contributed by atoms with Crippen molar-refractivity contribution in [2.75, 3.05) is 7.11 Å². The monoisotopic (exact) mass is 278 g/mol. The third-order valence-corrected chi connectivity index (χ3v) is 3.35. The van der Waals surface area contributed by atoms with Gasteiger partial charge in [0.1, 0.15) is 5.01 Å². The average Bonchev–Trinajstić information content (AvgIpc) is 2.87. The van der Waals surface area contributed by atoms with Crippen LogP contribution < -0.4 is 0 Å². The van der Waals surface area contributed by atoms with Crippen LogP contribution in [-0.4, -0.2) is 23.0 Å².